The minimum atomic E-state index is -0.196. The molecule has 1 saturated carbocycles. The number of urea groups is 1. The van der Waals surface area contributed by atoms with E-state index in [1.165, 1.54) is 17.4 Å². The molecule has 2 atom stereocenters. The molecule has 2 aromatic rings. The first kappa shape index (κ1) is 15.9. The molecule has 2 amide bonds. The number of benzene rings is 1. The van der Waals surface area contributed by atoms with Crippen molar-refractivity contribution < 1.29 is 9.18 Å². The average molecular weight is 333 g/mol. The van der Waals surface area contributed by atoms with Crippen LogP contribution in [0.2, 0.25) is 0 Å². The summed E-state index contributed by atoms with van der Waals surface area (Å²) in [5.74, 6) is 0.123. The van der Waals surface area contributed by atoms with Gasteiger partial charge in [-0.1, -0.05) is 12.1 Å². The molecule has 122 valence electrons. The molecule has 1 N–H and O–H groups in total. The SMILES string of the molecule is CN(Cc1cscn1)C(=O)N[C@@H]1CC[C@@H](c2cccc(F)c2)C1. The summed E-state index contributed by atoms with van der Waals surface area (Å²) in [7, 11) is 1.77. The first-order valence-electron chi connectivity index (χ1n) is 7.76. The molecule has 0 saturated heterocycles. The Morgan fingerprint density at radius 3 is 3.09 bits per heavy atom. The van der Waals surface area contributed by atoms with Crippen LogP contribution in [0.4, 0.5) is 9.18 Å². The van der Waals surface area contributed by atoms with Gasteiger partial charge in [0.2, 0.25) is 0 Å². The maximum Gasteiger partial charge on any atom is 0.317 e. The Hall–Kier alpha value is -1.95. The Morgan fingerprint density at radius 1 is 1.48 bits per heavy atom. The summed E-state index contributed by atoms with van der Waals surface area (Å²) in [6.07, 6.45) is 2.77. The highest BCUT2D eigenvalue weighted by molar-refractivity contribution is 7.07. The lowest BCUT2D eigenvalue weighted by Gasteiger charge is -2.20. The molecule has 1 heterocycles. The average Bonchev–Trinajstić information content (AvgIpc) is 3.19. The topological polar surface area (TPSA) is 45.2 Å². The van der Waals surface area contributed by atoms with Crippen molar-refractivity contribution in [2.24, 2.45) is 0 Å². The van der Waals surface area contributed by atoms with Crippen molar-refractivity contribution in [1.29, 1.82) is 0 Å². The Bertz CT molecular complexity index is 662. The van der Waals surface area contributed by atoms with Crippen molar-refractivity contribution >= 4 is 17.4 Å². The number of nitrogens with one attached hydrogen (secondary N) is 1. The van der Waals surface area contributed by atoms with Gasteiger partial charge < -0.3 is 10.2 Å². The van der Waals surface area contributed by atoms with E-state index in [1.54, 1.807) is 29.6 Å². The molecule has 1 aromatic heterocycles. The van der Waals surface area contributed by atoms with Crippen LogP contribution in [0.25, 0.3) is 0 Å². The van der Waals surface area contributed by atoms with E-state index in [4.69, 9.17) is 0 Å². The number of thiazole rings is 1. The first-order valence-corrected chi connectivity index (χ1v) is 8.70. The monoisotopic (exact) mass is 333 g/mol. The van der Waals surface area contributed by atoms with Crippen molar-refractivity contribution in [2.75, 3.05) is 7.05 Å². The van der Waals surface area contributed by atoms with Gasteiger partial charge in [0.1, 0.15) is 5.82 Å². The molecule has 1 aliphatic rings. The van der Waals surface area contributed by atoms with Crippen LogP contribution in [-0.4, -0.2) is 29.0 Å². The van der Waals surface area contributed by atoms with E-state index < -0.39 is 0 Å². The van der Waals surface area contributed by atoms with Gasteiger partial charge in [0.25, 0.3) is 0 Å². The molecule has 23 heavy (non-hydrogen) atoms. The van der Waals surface area contributed by atoms with E-state index in [2.05, 4.69) is 10.3 Å². The Labute approximate surface area is 139 Å². The highest BCUT2D eigenvalue weighted by atomic mass is 32.1. The van der Waals surface area contributed by atoms with E-state index >= 15 is 0 Å². The molecule has 0 radical (unpaired) electrons. The van der Waals surface area contributed by atoms with Crippen LogP contribution in [0, 0.1) is 5.82 Å². The second kappa shape index (κ2) is 7.08. The van der Waals surface area contributed by atoms with Crippen molar-refractivity contribution in [3.8, 4) is 0 Å². The number of nitrogens with zero attached hydrogens (tertiary/aromatic N) is 2. The van der Waals surface area contributed by atoms with Gasteiger partial charge in [0.15, 0.2) is 0 Å². The summed E-state index contributed by atoms with van der Waals surface area (Å²) >= 11 is 1.53. The van der Waals surface area contributed by atoms with E-state index in [0.29, 0.717) is 12.5 Å². The van der Waals surface area contributed by atoms with Crippen LogP contribution in [0.1, 0.15) is 36.4 Å². The molecule has 4 nitrogen and oxygen atoms in total. The van der Waals surface area contributed by atoms with Crippen molar-refractivity contribution in [3.05, 3.63) is 52.2 Å². The molecule has 1 aromatic carbocycles. The number of amides is 2. The molecule has 0 aliphatic heterocycles. The summed E-state index contributed by atoms with van der Waals surface area (Å²) in [5, 5.41) is 5.02. The molecule has 1 aliphatic carbocycles. The summed E-state index contributed by atoms with van der Waals surface area (Å²) in [6, 6.07) is 6.84. The number of carbonyl (C=O) groups is 1. The Balaban J connectivity index is 1.52. The van der Waals surface area contributed by atoms with Gasteiger partial charge in [-0.2, -0.15) is 0 Å². The van der Waals surface area contributed by atoms with E-state index in [0.717, 1.165) is 30.5 Å². The normalized spacial score (nSPS) is 20.4. The predicted octanol–water partition coefficient (Wildman–Crippen LogP) is 3.76. The minimum Gasteiger partial charge on any atom is -0.335 e. The third-order valence-electron chi connectivity index (χ3n) is 4.31. The second-order valence-electron chi connectivity index (χ2n) is 6.05. The standard InChI is InChI=1S/C17H20FN3OS/c1-21(9-16-10-23-11-19-16)17(22)20-15-6-5-13(8-15)12-3-2-4-14(18)7-12/h2-4,7,10-11,13,15H,5-6,8-9H2,1H3,(H,20,22)/t13-,15-/m1/s1. The predicted molar refractivity (Wildman–Crippen MR) is 88.9 cm³/mol. The fraction of sp³-hybridized carbons (Fsp3) is 0.412. The summed E-state index contributed by atoms with van der Waals surface area (Å²) in [4.78, 5) is 18.1. The third-order valence-corrected chi connectivity index (χ3v) is 4.94. The van der Waals surface area contributed by atoms with Crippen LogP contribution >= 0.6 is 11.3 Å². The number of aromatic nitrogens is 1. The molecule has 3 rings (SSSR count). The van der Waals surface area contributed by atoms with Crippen LogP contribution in [0.5, 0.6) is 0 Å². The highest BCUT2D eigenvalue weighted by Gasteiger charge is 2.28. The maximum absolute atomic E-state index is 13.3. The highest BCUT2D eigenvalue weighted by Crippen LogP contribution is 2.34. The van der Waals surface area contributed by atoms with Crippen molar-refractivity contribution in [1.82, 2.24) is 15.2 Å². The summed E-state index contributed by atoms with van der Waals surface area (Å²) in [6.45, 7) is 0.509. The summed E-state index contributed by atoms with van der Waals surface area (Å²) < 4.78 is 13.3. The zero-order valence-electron chi connectivity index (χ0n) is 13.0. The molecule has 0 unspecified atom stereocenters. The van der Waals surface area contributed by atoms with Gasteiger partial charge in [-0.15, -0.1) is 11.3 Å². The number of hydrogen-bond donors (Lipinski definition) is 1. The van der Waals surface area contributed by atoms with Crippen LogP contribution in [0.15, 0.2) is 35.2 Å². The maximum atomic E-state index is 13.3. The van der Waals surface area contributed by atoms with Crippen LogP contribution < -0.4 is 5.32 Å². The largest absolute Gasteiger partial charge is 0.335 e. The van der Waals surface area contributed by atoms with Gasteiger partial charge in [0.05, 0.1) is 17.7 Å². The van der Waals surface area contributed by atoms with Gasteiger partial charge in [-0.25, -0.2) is 14.2 Å². The van der Waals surface area contributed by atoms with Gasteiger partial charge in [-0.05, 0) is 42.9 Å². The fourth-order valence-corrected chi connectivity index (χ4v) is 3.64. The second-order valence-corrected chi connectivity index (χ2v) is 6.77. The smallest absolute Gasteiger partial charge is 0.317 e. The number of hydrogen-bond acceptors (Lipinski definition) is 3. The quantitative estimate of drug-likeness (QED) is 0.926. The molecule has 0 spiro atoms. The van der Waals surface area contributed by atoms with Gasteiger partial charge >= 0.3 is 6.03 Å². The minimum absolute atomic E-state index is 0.0807. The molecular formula is C17H20FN3OS. The van der Waals surface area contributed by atoms with Gasteiger partial charge in [0, 0.05) is 18.5 Å². The number of halogens is 1. The first-order chi connectivity index (χ1) is 11.1. The number of carbonyl (C=O) groups excluding carboxylic acids is 1. The van der Waals surface area contributed by atoms with Crippen LogP contribution in [0.3, 0.4) is 0 Å². The lowest BCUT2D eigenvalue weighted by molar-refractivity contribution is 0.202. The Kier molecular flexibility index (Phi) is 4.91. The van der Waals surface area contributed by atoms with Gasteiger partial charge in [-0.3, -0.25) is 0 Å². The molecular weight excluding hydrogens is 313 g/mol. The van der Waals surface area contributed by atoms with Crippen molar-refractivity contribution in [3.63, 3.8) is 0 Å². The summed E-state index contributed by atoms with van der Waals surface area (Å²) in [5.41, 5.74) is 3.69. The zero-order chi connectivity index (χ0) is 16.2. The molecule has 6 heteroatoms. The Morgan fingerprint density at radius 2 is 2.35 bits per heavy atom. The van der Waals surface area contributed by atoms with Crippen molar-refractivity contribution in [2.45, 2.75) is 37.8 Å². The van der Waals surface area contributed by atoms with E-state index in [9.17, 15) is 9.18 Å². The lowest BCUT2D eigenvalue weighted by atomic mass is 9.97. The zero-order valence-corrected chi connectivity index (χ0v) is 13.9. The van der Waals surface area contributed by atoms with Crippen LogP contribution in [-0.2, 0) is 6.54 Å². The van der Waals surface area contributed by atoms with E-state index in [-0.39, 0.29) is 17.9 Å². The van der Waals surface area contributed by atoms with E-state index in [1.807, 2.05) is 11.4 Å². The molecule has 1 fully saturated rings. The lowest BCUT2D eigenvalue weighted by Crippen LogP contribution is -2.41. The fourth-order valence-electron chi connectivity index (χ4n) is 3.09. The number of rotatable bonds is 4. The molecule has 0 bridgehead atoms. The third kappa shape index (κ3) is 4.07.